The summed E-state index contributed by atoms with van der Waals surface area (Å²) in [4.78, 5) is 6.23. The van der Waals surface area contributed by atoms with E-state index in [-0.39, 0.29) is 11.5 Å². The summed E-state index contributed by atoms with van der Waals surface area (Å²) < 4.78 is 46.6. The molecule has 0 radical (unpaired) electrons. The van der Waals surface area contributed by atoms with Crippen molar-refractivity contribution in [2.24, 2.45) is 0 Å². The van der Waals surface area contributed by atoms with Gasteiger partial charge in [0.2, 0.25) is 0 Å². The maximum atomic E-state index is 12.3. The number of fused-ring (bicyclic) bond motifs is 1. The Balaban J connectivity index is 1.52. The molecule has 1 aliphatic rings. The molecule has 1 aliphatic heterocycles. The number of ether oxygens (including phenoxy) is 2. The predicted molar refractivity (Wildman–Crippen MR) is 104 cm³/mol. The van der Waals surface area contributed by atoms with Crippen molar-refractivity contribution in [2.45, 2.75) is 19.5 Å². The minimum Gasteiger partial charge on any atom is -0.504 e. The third-order valence-electron chi connectivity index (χ3n) is 4.75. The largest absolute Gasteiger partial charge is 0.573 e. The first kappa shape index (κ1) is 20.0. The van der Waals surface area contributed by atoms with Gasteiger partial charge in [0.1, 0.15) is 12.4 Å². The van der Waals surface area contributed by atoms with E-state index >= 15 is 0 Å². The Hall–Kier alpha value is -3.26. The first-order valence-electron chi connectivity index (χ1n) is 9.33. The second kappa shape index (κ2) is 8.23. The van der Waals surface area contributed by atoms with Crippen LogP contribution in [0.2, 0.25) is 0 Å². The summed E-state index contributed by atoms with van der Waals surface area (Å²) in [5.41, 5.74) is 3.40. The second-order valence-electron chi connectivity index (χ2n) is 6.98. The zero-order valence-electron chi connectivity index (χ0n) is 15.9. The third-order valence-corrected chi connectivity index (χ3v) is 4.75. The fraction of sp³-hybridized carbons (Fsp3) is 0.227. The molecule has 0 fully saturated rings. The van der Waals surface area contributed by atoms with E-state index in [0.717, 1.165) is 22.3 Å². The quantitative estimate of drug-likeness (QED) is 0.666. The lowest BCUT2D eigenvalue weighted by atomic mass is 10.0. The van der Waals surface area contributed by atoms with E-state index in [2.05, 4.69) is 14.6 Å². The zero-order valence-corrected chi connectivity index (χ0v) is 15.9. The van der Waals surface area contributed by atoms with Gasteiger partial charge in [0.05, 0.1) is 0 Å². The number of rotatable bonds is 4. The van der Waals surface area contributed by atoms with Crippen molar-refractivity contribution >= 4 is 0 Å². The number of nitrogens with zero attached hydrogens (tertiary/aromatic N) is 2. The molecule has 2 aromatic carbocycles. The summed E-state index contributed by atoms with van der Waals surface area (Å²) in [7, 11) is 0. The number of pyridine rings is 1. The van der Waals surface area contributed by atoms with Gasteiger partial charge in [-0.3, -0.25) is 9.88 Å². The SMILES string of the molecule is Oc1cc(-c2cccnc2)cc2c1OCCN(Cc1ccc(OC(F)(F)F)cc1)C2. The number of alkyl halides is 3. The summed E-state index contributed by atoms with van der Waals surface area (Å²) in [6.07, 6.45) is -1.30. The van der Waals surface area contributed by atoms with Crippen LogP contribution in [0.1, 0.15) is 11.1 Å². The van der Waals surface area contributed by atoms with Gasteiger partial charge in [-0.15, -0.1) is 13.2 Å². The number of benzene rings is 2. The number of hydrogen-bond acceptors (Lipinski definition) is 5. The van der Waals surface area contributed by atoms with Crippen LogP contribution in [0.3, 0.4) is 0 Å². The van der Waals surface area contributed by atoms with Gasteiger partial charge in [-0.25, -0.2) is 0 Å². The van der Waals surface area contributed by atoms with Crippen LogP contribution in [0.5, 0.6) is 17.2 Å². The Morgan fingerprint density at radius 3 is 2.60 bits per heavy atom. The average molecular weight is 416 g/mol. The van der Waals surface area contributed by atoms with Crippen LogP contribution >= 0.6 is 0 Å². The predicted octanol–water partition coefficient (Wildman–Crippen LogP) is 4.75. The van der Waals surface area contributed by atoms with E-state index in [1.807, 2.05) is 18.2 Å². The van der Waals surface area contributed by atoms with Crippen molar-refractivity contribution in [1.29, 1.82) is 0 Å². The number of aromatic hydroxyl groups is 1. The molecule has 2 heterocycles. The molecular formula is C22H19F3N2O3. The van der Waals surface area contributed by atoms with Crippen molar-refractivity contribution in [3.63, 3.8) is 0 Å². The molecular weight excluding hydrogens is 397 g/mol. The van der Waals surface area contributed by atoms with Crippen LogP contribution in [0.25, 0.3) is 11.1 Å². The molecule has 0 amide bonds. The summed E-state index contributed by atoms with van der Waals surface area (Å²) in [6.45, 7) is 2.05. The minimum atomic E-state index is -4.71. The summed E-state index contributed by atoms with van der Waals surface area (Å²) in [5.74, 6) is 0.280. The van der Waals surface area contributed by atoms with Crippen molar-refractivity contribution in [1.82, 2.24) is 9.88 Å². The Kier molecular flexibility index (Phi) is 5.50. The standard InChI is InChI=1S/C22H19F3N2O3/c23-22(24,25)30-19-5-3-15(4-6-19)13-27-8-9-29-21-18(14-27)10-17(11-20(21)28)16-2-1-7-26-12-16/h1-7,10-12,28H,8-9,13-14H2. The lowest BCUT2D eigenvalue weighted by molar-refractivity contribution is -0.274. The molecule has 0 bridgehead atoms. The zero-order chi connectivity index (χ0) is 21.1. The summed E-state index contributed by atoms with van der Waals surface area (Å²) >= 11 is 0. The van der Waals surface area contributed by atoms with Gasteiger partial charge in [-0.1, -0.05) is 18.2 Å². The van der Waals surface area contributed by atoms with Gasteiger partial charge in [-0.05, 0) is 41.5 Å². The molecule has 4 rings (SSSR count). The van der Waals surface area contributed by atoms with Gasteiger partial charge >= 0.3 is 6.36 Å². The average Bonchev–Trinajstić information content (AvgIpc) is 2.91. The van der Waals surface area contributed by atoms with E-state index in [9.17, 15) is 18.3 Å². The van der Waals surface area contributed by atoms with Crippen LogP contribution < -0.4 is 9.47 Å². The highest BCUT2D eigenvalue weighted by Crippen LogP contribution is 2.37. The van der Waals surface area contributed by atoms with Crippen LogP contribution in [-0.4, -0.2) is 34.5 Å². The van der Waals surface area contributed by atoms with E-state index in [4.69, 9.17) is 4.74 Å². The molecule has 0 saturated heterocycles. The normalized spacial score (nSPS) is 14.5. The molecule has 3 aromatic rings. The number of phenols is 1. The molecule has 0 atom stereocenters. The highest BCUT2D eigenvalue weighted by atomic mass is 19.4. The van der Waals surface area contributed by atoms with Crippen molar-refractivity contribution in [3.05, 3.63) is 72.1 Å². The molecule has 30 heavy (non-hydrogen) atoms. The van der Waals surface area contributed by atoms with Crippen LogP contribution in [0, 0.1) is 0 Å². The van der Waals surface area contributed by atoms with E-state index < -0.39 is 6.36 Å². The fourth-order valence-corrected chi connectivity index (χ4v) is 3.44. The maximum Gasteiger partial charge on any atom is 0.573 e. The number of phenolic OH excluding ortho intramolecular Hbond substituents is 1. The van der Waals surface area contributed by atoms with Crippen LogP contribution in [0.4, 0.5) is 13.2 Å². The van der Waals surface area contributed by atoms with Crippen LogP contribution in [0.15, 0.2) is 60.9 Å². The van der Waals surface area contributed by atoms with Gasteiger partial charge in [0.25, 0.3) is 0 Å². The van der Waals surface area contributed by atoms with E-state index in [0.29, 0.717) is 32.0 Å². The highest BCUT2D eigenvalue weighted by molar-refractivity contribution is 5.68. The second-order valence-corrected chi connectivity index (χ2v) is 6.98. The molecule has 156 valence electrons. The Labute approximate surface area is 171 Å². The Bertz CT molecular complexity index is 1010. The smallest absolute Gasteiger partial charge is 0.504 e. The Morgan fingerprint density at radius 1 is 1.10 bits per heavy atom. The monoisotopic (exact) mass is 416 g/mol. The van der Waals surface area contributed by atoms with Crippen molar-refractivity contribution < 1.29 is 27.8 Å². The number of aromatic nitrogens is 1. The fourth-order valence-electron chi connectivity index (χ4n) is 3.44. The summed E-state index contributed by atoms with van der Waals surface area (Å²) in [5, 5.41) is 10.5. The molecule has 0 saturated carbocycles. The molecule has 5 nitrogen and oxygen atoms in total. The Morgan fingerprint density at radius 2 is 1.90 bits per heavy atom. The van der Waals surface area contributed by atoms with Gasteiger partial charge < -0.3 is 14.6 Å². The summed E-state index contributed by atoms with van der Waals surface area (Å²) in [6, 6.07) is 13.2. The molecule has 1 N–H and O–H groups in total. The van der Waals surface area contributed by atoms with Gasteiger partial charge in [0, 0.05) is 43.2 Å². The van der Waals surface area contributed by atoms with Crippen molar-refractivity contribution in [3.8, 4) is 28.4 Å². The third kappa shape index (κ3) is 4.83. The maximum absolute atomic E-state index is 12.3. The first-order valence-corrected chi connectivity index (χ1v) is 9.33. The molecule has 0 aliphatic carbocycles. The number of halogens is 3. The van der Waals surface area contributed by atoms with E-state index in [1.165, 1.54) is 12.1 Å². The molecule has 0 unspecified atom stereocenters. The lowest BCUT2D eigenvalue weighted by Crippen LogP contribution is -2.25. The first-order chi connectivity index (χ1) is 14.4. The van der Waals surface area contributed by atoms with Crippen LogP contribution in [-0.2, 0) is 13.1 Å². The molecule has 1 aromatic heterocycles. The molecule has 0 spiro atoms. The lowest BCUT2D eigenvalue weighted by Gasteiger charge is -2.20. The minimum absolute atomic E-state index is 0.0712. The number of hydrogen-bond donors (Lipinski definition) is 1. The van der Waals surface area contributed by atoms with Crippen molar-refractivity contribution in [2.75, 3.05) is 13.2 Å². The van der Waals surface area contributed by atoms with Gasteiger partial charge in [0.15, 0.2) is 11.5 Å². The topological polar surface area (TPSA) is 54.8 Å². The highest BCUT2D eigenvalue weighted by Gasteiger charge is 2.31. The molecule has 8 heteroatoms. The van der Waals surface area contributed by atoms with Gasteiger partial charge in [-0.2, -0.15) is 0 Å². The van der Waals surface area contributed by atoms with E-state index in [1.54, 1.807) is 30.6 Å².